The molecule has 2 N–H and O–H groups in total. The normalized spacial score (nSPS) is 13.0. The maximum Gasteiger partial charge on any atom is 0.255 e. The minimum absolute atomic E-state index is 0.141. The molecule has 1 amide bonds. The first-order valence-corrected chi connectivity index (χ1v) is 10.2. The maximum absolute atomic E-state index is 12.4. The lowest BCUT2D eigenvalue weighted by Gasteiger charge is -2.10. The molecule has 2 aromatic carbocycles. The van der Waals surface area contributed by atoms with Gasteiger partial charge in [0, 0.05) is 17.8 Å². The topological polar surface area (TPSA) is 93.7 Å². The lowest BCUT2D eigenvalue weighted by Crippen LogP contribution is -2.28. The zero-order chi connectivity index (χ0) is 19.4. The van der Waals surface area contributed by atoms with E-state index in [0.717, 1.165) is 0 Å². The lowest BCUT2D eigenvalue weighted by molar-refractivity contribution is 0.102. The molecule has 1 aliphatic rings. The fourth-order valence-corrected chi connectivity index (χ4v) is 3.85. The molecular weight excluding hydrogens is 368 g/mol. The molecule has 0 bridgehead atoms. The van der Waals surface area contributed by atoms with Crippen LogP contribution >= 0.6 is 0 Å². The monoisotopic (exact) mass is 390 g/mol. The van der Waals surface area contributed by atoms with Crippen LogP contribution in [0.3, 0.4) is 0 Å². The molecule has 7 nitrogen and oxygen atoms in total. The molecule has 0 aliphatic carbocycles. The molecule has 3 rings (SSSR count). The number of amides is 1. The van der Waals surface area contributed by atoms with Crippen LogP contribution in [0.4, 0.5) is 5.69 Å². The Kier molecular flexibility index (Phi) is 5.67. The molecule has 1 aliphatic heterocycles. The fourth-order valence-electron chi connectivity index (χ4n) is 2.54. The third-order valence-corrected chi connectivity index (χ3v) is 5.21. The van der Waals surface area contributed by atoms with Crippen LogP contribution in [0.2, 0.25) is 0 Å². The Morgan fingerprint density at radius 2 is 1.89 bits per heavy atom. The number of hydrogen-bond donors (Lipinski definition) is 2. The molecule has 0 radical (unpaired) electrons. The zero-order valence-corrected chi connectivity index (χ0v) is 16.0. The average molecular weight is 390 g/mol. The molecule has 0 spiro atoms. The standard InChI is InChI=1S/C19H22N2O5S/c1-13(2)10-20-27(23,24)11-14-4-3-5-16(8-14)21-19(22)15-6-7-17-18(9-15)26-12-25-17/h3-9,13,20H,10-12H2,1-2H3,(H,21,22). The van der Waals surface area contributed by atoms with Crippen molar-refractivity contribution in [3.63, 3.8) is 0 Å². The molecule has 2 aromatic rings. The van der Waals surface area contributed by atoms with Gasteiger partial charge in [0.1, 0.15) is 0 Å². The molecule has 0 saturated heterocycles. The second-order valence-electron chi connectivity index (χ2n) is 6.72. The number of benzene rings is 2. The largest absolute Gasteiger partial charge is 0.454 e. The van der Waals surface area contributed by atoms with E-state index in [1.54, 1.807) is 42.5 Å². The van der Waals surface area contributed by atoms with Crippen molar-refractivity contribution < 1.29 is 22.7 Å². The first kappa shape index (κ1) is 19.2. The van der Waals surface area contributed by atoms with Crippen molar-refractivity contribution in [2.45, 2.75) is 19.6 Å². The van der Waals surface area contributed by atoms with Crippen molar-refractivity contribution >= 4 is 21.6 Å². The van der Waals surface area contributed by atoms with Gasteiger partial charge in [-0.3, -0.25) is 4.79 Å². The van der Waals surface area contributed by atoms with Crippen LogP contribution in [-0.2, 0) is 15.8 Å². The van der Waals surface area contributed by atoms with Crippen LogP contribution in [0.15, 0.2) is 42.5 Å². The van der Waals surface area contributed by atoms with E-state index in [0.29, 0.717) is 34.9 Å². The summed E-state index contributed by atoms with van der Waals surface area (Å²) in [5.74, 6) is 0.901. The van der Waals surface area contributed by atoms with Gasteiger partial charge in [0.05, 0.1) is 5.75 Å². The van der Waals surface area contributed by atoms with Crippen LogP contribution < -0.4 is 19.5 Å². The highest BCUT2D eigenvalue weighted by molar-refractivity contribution is 7.88. The molecule has 8 heteroatoms. The zero-order valence-electron chi connectivity index (χ0n) is 15.2. The number of carbonyl (C=O) groups excluding carboxylic acids is 1. The number of anilines is 1. The Morgan fingerprint density at radius 1 is 1.11 bits per heavy atom. The number of nitrogens with one attached hydrogen (secondary N) is 2. The summed E-state index contributed by atoms with van der Waals surface area (Å²) in [6.07, 6.45) is 0. The molecule has 0 fully saturated rings. The molecular formula is C19H22N2O5S. The number of fused-ring (bicyclic) bond motifs is 1. The van der Waals surface area contributed by atoms with Gasteiger partial charge in [0.15, 0.2) is 11.5 Å². The Balaban J connectivity index is 1.67. The van der Waals surface area contributed by atoms with E-state index in [4.69, 9.17) is 9.47 Å². The third kappa shape index (κ3) is 5.21. The van der Waals surface area contributed by atoms with Gasteiger partial charge in [-0.1, -0.05) is 26.0 Å². The summed E-state index contributed by atoms with van der Waals surface area (Å²) in [7, 11) is -3.43. The van der Waals surface area contributed by atoms with Crippen LogP contribution in [0.5, 0.6) is 11.5 Å². The van der Waals surface area contributed by atoms with Gasteiger partial charge in [0.2, 0.25) is 16.8 Å². The summed E-state index contributed by atoms with van der Waals surface area (Å²) < 4.78 is 37.4. The van der Waals surface area contributed by atoms with Crippen molar-refractivity contribution in [1.29, 1.82) is 0 Å². The van der Waals surface area contributed by atoms with Crippen molar-refractivity contribution in [2.75, 3.05) is 18.7 Å². The summed E-state index contributed by atoms with van der Waals surface area (Å²) in [4.78, 5) is 12.4. The number of sulfonamides is 1. The number of hydrogen-bond acceptors (Lipinski definition) is 5. The summed E-state index contributed by atoms with van der Waals surface area (Å²) >= 11 is 0. The highest BCUT2D eigenvalue weighted by Gasteiger charge is 2.17. The van der Waals surface area contributed by atoms with E-state index in [1.807, 2.05) is 13.8 Å². The third-order valence-electron chi connectivity index (χ3n) is 3.89. The van der Waals surface area contributed by atoms with E-state index >= 15 is 0 Å². The smallest absolute Gasteiger partial charge is 0.255 e. The van der Waals surface area contributed by atoms with Crippen molar-refractivity contribution in [1.82, 2.24) is 4.72 Å². The molecule has 0 saturated carbocycles. The maximum atomic E-state index is 12.4. The quantitative estimate of drug-likeness (QED) is 0.758. The second-order valence-corrected chi connectivity index (χ2v) is 8.53. The van der Waals surface area contributed by atoms with Crippen LogP contribution in [0.25, 0.3) is 0 Å². The summed E-state index contributed by atoms with van der Waals surface area (Å²) in [5.41, 5.74) is 1.54. The van der Waals surface area contributed by atoms with Gasteiger partial charge >= 0.3 is 0 Å². The molecule has 0 atom stereocenters. The minimum atomic E-state index is -3.43. The van der Waals surface area contributed by atoms with E-state index < -0.39 is 10.0 Å². The summed E-state index contributed by atoms with van der Waals surface area (Å²) in [5, 5.41) is 2.78. The van der Waals surface area contributed by atoms with Crippen LogP contribution in [0.1, 0.15) is 29.8 Å². The van der Waals surface area contributed by atoms with Crippen molar-refractivity contribution in [2.24, 2.45) is 5.92 Å². The summed E-state index contributed by atoms with van der Waals surface area (Å²) in [6.45, 7) is 4.41. The number of carbonyl (C=O) groups is 1. The van der Waals surface area contributed by atoms with Gasteiger partial charge in [-0.15, -0.1) is 0 Å². The molecule has 0 aromatic heterocycles. The van der Waals surface area contributed by atoms with E-state index in [-0.39, 0.29) is 24.4 Å². The summed E-state index contributed by atoms with van der Waals surface area (Å²) in [6, 6.07) is 11.7. The number of rotatable bonds is 7. The first-order chi connectivity index (χ1) is 12.8. The van der Waals surface area contributed by atoms with Gasteiger partial charge in [0.25, 0.3) is 5.91 Å². The molecule has 1 heterocycles. The number of ether oxygens (including phenoxy) is 2. The SMILES string of the molecule is CC(C)CNS(=O)(=O)Cc1cccc(NC(=O)c2ccc3c(c2)OCO3)c1. The molecule has 27 heavy (non-hydrogen) atoms. The van der Waals surface area contributed by atoms with Gasteiger partial charge in [-0.25, -0.2) is 13.1 Å². The Morgan fingerprint density at radius 3 is 2.67 bits per heavy atom. The highest BCUT2D eigenvalue weighted by atomic mass is 32.2. The van der Waals surface area contributed by atoms with Crippen LogP contribution in [0, 0.1) is 5.92 Å². The Bertz CT molecular complexity index is 941. The molecule has 0 unspecified atom stereocenters. The minimum Gasteiger partial charge on any atom is -0.454 e. The van der Waals surface area contributed by atoms with E-state index in [1.165, 1.54) is 0 Å². The van der Waals surface area contributed by atoms with E-state index in [9.17, 15) is 13.2 Å². The highest BCUT2D eigenvalue weighted by Crippen LogP contribution is 2.32. The Hall–Kier alpha value is -2.58. The lowest BCUT2D eigenvalue weighted by atomic mass is 10.1. The van der Waals surface area contributed by atoms with Gasteiger partial charge in [-0.05, 0) is 41.8 Å². The van der Waals surface area contributed by atoms with E-state index in [2.05, 4.69) is 10.0 Å². The predicted molar refractivity (Wildman–Crippen MR) is 102 cm³/mol. The Labute approximate surface area is 158 Å². The average Bonchev–Trinajstić information content (AvgIpc) is 3.07. The molecule has 144 valence electrons. The van der Waals surface area contributed by atoms with Crippen LogP contribution in [-0.4, -0.2) is 27.7 Å². The second kappa shape index (κ2) is 7.98. The fraction of sp³-hybridized carbons (Fsp3) is 0.316. The van der Waals surface area contributed by atoms with Crippen molar-refractivity contribution in [3.8, 4) is 11.5 Å². The van der Waals surface area contributed by atoms with Gasteiger partial charge < -0.3 is 14.8 Å². The predicted octanol–water partition coefficient (Wildman–Crippen LogP) is 2.74. The van der Waals surface area contributed by atoms with Gasteiger partial charge in [-0.2, -0.15) is 0 Å². The first-order valence-electron chi connectivity index (χ1n) is 8.60. The van der Waals surface area contributed by atoms with Crippen molar-refractivity contribution in [3.05, 3.63) is 53.6 Å².